The average molecular weight is 360 g/mol. The van der Waals surface area contributed by atoms with Crippen molar-refractivity contribution in [1.29, 1.82) is 0 Å². The van der Waals surface area contributed by atoms with Gasteiger partial charge in [-0.3, -0.25) is 14.6 Å². The van der Waals surface area contributed by atoms with Crippen molar-refractivity contribution in [3.05, 3.63) is 28.8 Å². The van der Waals surface area contributed by atoms with Crippen molar-refractivity contribution < 1.29 is 9.53 Å². The van der Waals surface area contributed by atoms with Crippen molar-refractivity contribution in [1.82, 2.24) is 14.7 Å². The Balaban J connectivity index is 1.76. The quantitative estimate of drug-likeness (QED) is 0.831. The van der Waals surface area contributed by atoms with E-state index in [1.54, 1.807) is 7.11 Å². The molecule has 1 spiro atoms. The van der Waals surface area contributed by atoms with Gasteiger partial charge < -0.3 is 9.64 Å². The molecule has 26 heavy (non-hydrogen) atoms. The second-order valence-electron chi connectivity index (χ2n) is 8.17. The van der Waals surface area contributed by atoms with Crippen molar-refractivity contribution in [3.8, 4) is 5.75 Å². The van der Waals surface area contributed by atoms with Crippen LogP contribution in [0.15, 0.2) is 12.1 Å². The van der Waals surface area contributed by atoms with Gasteiger partial charge in [-0.2, -0.15) is 0 Å². The summed E-state index contributed by atoms with van der Waals surface area (Å²) in [4.78, 5) is 19.1. The molecule has 1 aromatic carbocycles. The predicted octanol–water partition coefficient (Wildman–Crippen LogP) is 2.44. The topological polar surface area (TPSA) is 36.0 Å². The van der Waals surface area contributed by atoms with Crippen LogP contribution in [0.2, 0.25) is 0 Å². The number of hydrogen-bond donors (Lipinski definition) is 0. The lowest BCUT2D eigenvalue weighted by atomic mass is 9.86. The second kappa shape index (κ2) is 7.57. The normalized spacial score (nSPS) is 25.6. The van der Waals surface area contributed by atoms with Crippen LogP contribution in [-0.4, -0.2) is 73.5 Å². The Hall–Kier alpha value is -1.59. The van der Waals surface area contributed by atoms with Crippen LogP contribution in [0.25, 0.3) is 0 Å². The van der Waals surface area contributed by atoms with Gasteiger partial charge in [0.05, 0.1) is 7.11 Å². The number of amides is 1. The first-order chi connectivity index (χ1) is 12.3. The molecule has 3 rings (SSSR count). The van der Waals surface area contributed by atoms with E-state index in [0.717, 1.165) is 51.3 Å². The molecule has 2 fully saturated rings. The third-order valence-corrected chi connectivity index (χ3v) is 6.47. The van der Waals surface area contributed by atoms with Gasteiger partial charge in [-0.1, -0.05) is 6.07 Å². The van der Waals surface area contributed by atoms with Gasteiger partial charge in [-0.05, 0) is 56.5 Å². The first-order valence-electron chi connectivity index (χ1n) is 9.66. The highest BCUT2D eigenvalue weighted by Crippen LogP contribution is 2.33. The SMILES string of the molecule is COc1cc(C)c(CN2CCN(C)[C@@]3(CCC(=O)N(C)CC3)C2)cc1C. The van der Waals surface area contributed by atoms with E-state index in [2.05, 4.69) is 42.8 Å². The van der Waals surface area contributed by atoms with Gasteiger partial charge in [0.15, 0.2) is 0 Å². The van der Waals surface area contributed by atoms with Crippen molar-refractivity contribution in [3.63, 3.8) is 0 Å². The van der Waals surface area contributed by atoms with Gasteiger partial charge in [0.2, 0.25) is 5.91 Å². The van der Waals surface area contributed by atoms with Crippen molar-refractivity contribution in [2.45, 2.75) is 45.2 Å². The highest BCUT2D eigenvalue weighted by atomic mass is 16.5. The summed E-state index contributed by atoms with van der Waals surface area (Å²) in [5.41, 5.74) is 3.98. The van der Waals surface area contributed by atoms with Crippen LogP contribution < -0.4 is 4.74 Å². The molecule has 0 aliphatic carbocycles. The number of hydrogen-bond acceptors (Lipinski definition) is 4. The molecular weight excluding hydrogens is 326 g/mol. The zero-order chi connectivity index (χ0) is 18.9. The van der Waals surface area contributed by atoms with Crippen LogP contribution in [0.5, 0.6) is 5.75 Å². The maximum Gasteiger partial charge on any atom is 0.222 e. The molecule has 1 amide bonds. The van der Waals surface area contributed by atoms with E-state index >= 15 is 0 Å². The lowest BCUT2D eigenvalue weighted by Gasteiger charge is -2.49. The Bertz CT molecular complexity index is 675. The molecule has 2 saturated heterocycles. The number of nitrogens with zero attached hydrogens (tertiary/aromatic N) is 3. The van der Waals surface area contributed by atoms with E-state index in [9.17, 15) is 4.79 Å². The first kappa shape index (κ1) is 19.2. The summed E-state index contributed by atoms with van der Waals surface area (Å²) in [6.07, 6.45) is 2.68. The molecule has 2 aliphatic heterocycles. The Morgan fingerprint density at radius 2 is 1.85 bits per heavy atom. The summed E-state index contributed by atoms with van der Waals surface area (Å²) >= 11 is 0. The number of aryl methyl sites for hydroxylation is 2. The molecule has 0 radical (unpaired) electrons. The third kappa shape index (κ3) is 3.74. The van der Waals surface area contributed by atoms with Crippen LogP contribution in [0.4, 0.5) is 0 Å². The number of rotatable bonds is 3. The van der Waals surface area contributed by atoms with Gasteiger partial charge in [-0.25, -0.2) is 0 Å². The monoisotopic (exact) mass is 359 g/mol. The number of likely N-dealkylation sites (N-methyl/N-ethyl adjacent to an activating group) is 1. The molecule has 0 aromatic heterocycles. The molecule has 0 unspecified atom stereocenters. The van der Waals surface area contributed by atoms with Crippen molar-refractivity contribution in [2.75, 3.05) is 47.4 Å². The number of benzene rings is 1. The zero-order valence-corrected chi connectivity index (χ0v) is 17.0. The highest BCUT2D eigenvalue weighted by molar-refractivity contribution is 5.76. The van der Waals surface area contributed by atoms with Gasteiger partial charge in [0, 0.05) is 51.7 Å². The van der Waals surface area contributed by atoms with Crippen LogP contribution in [0.1, 0.15) is 36.0 Å². The molecule has 1 atom stereocenters. The molecular formula is C21H33N3O2. The molecule has 144 valence electrons. The molecule has 0 N–H and O–H groups in total. The average Bonchev–Trinajstić information content (AvgIpc) is 2.75. The third-order valence-electron chi connectivity index (χ3n) is 6.47. The zero-order valence-electron chi connectivity index (χ0n) is 17.0. The number of ether oxygens (including phenoxy) is 1. The van der Waals surface area contributed by atoms with Crippen LogP contribution in [-0.2, 0) is 11.3 Å². The molecule has 0 saturated carbocycles. The lowest BCUT2D eigenvalue weighted by molar-refractivity contribution is -0.129. The van der Waals surface area contributed by atoms with Gasteiger partial charge in [0.1, 0.15) is 5.75 Å². The lowest BCUT2D eigenvalue weighted by Crippen LogP contribution is -2.60. The Kier molecular flexibility index (Phi) is 5.58. The molecule has 5 heteroatoms. The minimum atomic E-state index is 0.119. The standard InChI is InChI=1S/C21H33N3O2/c1-16-13-19(26-5)17(2)12-18(16)14-24-11-10-23(4)21(15-24)7-6-20(25)22(3)9-8-21/h12-13H,6-11,14-15H2,1-5H3/t21-/m1/s1. The van der Waals surface area contributed by atoms with Gasteiger partial charge in [0.25, 0.3) is 0 Å². The maximum atomic E-state index is 12.1. The predicted molar refractivity (Wildman–Crippen MR) is 105 cm³/mol. The molecule has 2 heterocycles. The largest absolute Gasteiger partial charge is 0.496 e. The molecule has 1 aromatic rings. The van der Waals surface area contributed by atoms with Crippen LogP contribution >= 0.6 is 0 Å². The van der Waals surface area contributed by atoms with Crippen LogP contribution in [0, 0.1) is 13.8 Å². The summed E-state index contributed by atoms with van der Waals surface area (Å²) in [5, 5.41) is 0. The maximum absolute atomic E-state index is 12.1. The Morgan fingerprint density at radius 3 is 2.58 bits per heavy atom. The van der Waals surface area contributed by atoms with Crippen molar-refractivity contribution in [2.24, 2.45) is 0 Å². The van der Waals surface area contributed by atoms with E-state index in [4.69, 9.17) is 4.74 Å². The Morgan fingerprint density at radius 1 is 1.08 bits per heavy atom. The fourth-order valence-corrected chi connectivity index (χ4v) is 4.46. The summed E-state index contributed by atoms with van der Waals surface area (Å²) in [6.45, 7) is 9.28. The number of carbonyl (C=O) groups excluding carboxylic acids is 1. The number of carbonyl (C=O) groups is 1. The Labute approximate surface area is 157 Å². The first-order valence-corrected chi connectivity index (χ1v) is 9.66. The number of piperazine rings is 1. The number of methoxy groups -OCH3 is 1. The van der Waals surface area contributed by atoms with E-state index in [1.807, 2.05) is 11.9 Å². The minimum Gasteiger partial charge on any atom is -0.496 e. The van der Waals surface area contributed by atoms with Crippen LogP contribution in [0.3, 0.4) is 0 Å². The highest BCUT2D eigenvalue weighted by Gasteiger charge is 2.41. The van der Waals surface area contributed by atoms with Crippen molar-refractivity contribution >= 4 is 5.91 Å². The molecule has 0 bridgehead atoms. The summed E-state index contributed by atoms with van der Waals surface area (Å²) in [5.74, 6) is 1.25. The van der Waals surface area contributed by atoms with E-state index < -0.39 is 0 Å². The summed E-state index contributed by atoms with van der Waals surface area (Å²) < 4.78 is 5.45. The van der Waals surface area contributed by atoms with Gasteiger partial charge >= 0.3 is 0 Å². The smallest absolute Gasteiger partial charge is 0.222 e. The van der Waals surface area contributed by atoms with E-state index in [-0.39, 0.29) is 11.4 Å². The molecule has 2 aliphatic rings. The number of likely N-dealkylation sites (tertiary alicyclic amines) is 1. The summed E-state index contributed by atoms with van der Waals surface area (Å²) in [6, 6.07) is 4.42. The minimum absolute atomic E-state index is 0.119. The fourth-order valence-electron chi connectivity index (χ4n) is 4.46. The van der Waals surface area contributed by atoms with E-state index in [0.29, 0.717) is 6.42 Å². The second-order valence-corrected chi connectivity index (χ2v) is 8.17. The fraction of sp³-hybridized carbons (Fsp3) is 0.667. The van der Waals surface area contributed by atoms with Gasteiger partial charge in [-0.15, -0.1) is 0 Å². The summed E-state index contributed by atoms with van der Waals surface area (Å²) in [7, 11) is 5.90. The van der Waals surface area contributed by atoms with E-state index in [1.165, 1.54) is 16.7 Å². The molecule has 5 nitrogen and oxygen atoms in total.